The van der Waals surface area contributed by atoms with E-state index >= 15 is 0 Å². The van der Waals surface area contributed by atoms with Crippen LogP contribution in [-0.2, 0) is 14.5 Å². The Morgan fingerprint density at radius 2 is 1.73 bits per heavy atom. The monoisotopic (exact) mass is 310 g/mol. The third-order valence-electron chi connectivity index (χ3n) is 3.01. The van der Waals surface area contributed by atoms with Crippen molar-refractivity contribution >= 4 is 5.97 Å². The summed E-state index contributed by atoms with van der Waals surface area (Å²) in [5.41, 5.74) is 0.426. The molecule has 0 fully saturated rings. The molecule has 0 saturated carbocycles. The summed E-state index contributed by atoms with van der Waals surface area (Å²) in [6, 6.07) is 6.85. The van der Waals surface area contributed by atoms with E-state index in [2.05, 4.69) is 11.8 Å². The molecular weight excluding hydrogens is 284 g/mol. The SMILES string of the molecule is CCCCCCOc1ccc(C(=O)OOCCOCC)cc1. The van der Waals surface area contributed by atoms with Crippen LogP contribution in [0.4, 0.5) is 0 Å². The molecule has 1 aromatic rings. The molecule has 5 nitrogen and oxygen atoms in total. The molecule has 0 aliphatic heterocycles. The van der Waals surface area contributed by atoms with Gasteiger partial charge in [0.05, 0.1) is 18.8 Å². The molecule has 0 N–H and O–H groups in total. The zero-order chi connectivity index (χ0) is 16.0. The van der Waals surface area contributed by atoms with Crippen LogP contribution in [-0.4, -0.2) is 32.4 Å². The number of benzene rings is 1. The van der Waals surface area contributed by atoms with E-state index in [4.69, 9.17) is 14.4 Å². The van der Waals surface area contributed by atoms with Crippen molar-refractivity contribution in [3.63, 3.8) is 0 Å². The first-order chi connectivity index (χ1) is 10.8. The summed E-state index contributed by atoms with van der Waals surface area (Å²) in [6.45, 7) is 5.99. The van der Waals surface area contributed by atoms with E-state index in [9.17, 15) is 4.79 Å². The summed E-state index contributed by atoms with van der Waals surface area (Å²) in [7, 11) is 0. The van der Waals surface area contributed by atoms with Crippen LogP contribution in [0, 0.1) is 0 Å². The molecule has 0 radical (unpaired) electrons. The predicted molar refractivity (Wildman–Crippen MR) is 83.9 cm³/mol. The van der Waals surface area contributed by atoms with Gasteiger partial charge in [0.15, 0.2) is 0 Å². The highest BCUT2D eigenvalue weighted by molar-refractivity contribution is 5.89. The molecule has 0 aliphatic rings. The van der Waals surface area contributed by atoms with E-state index in [1.165, 1.54) is 19.3 Å². The maximum atomic E-state index is 11.7. The number of carbonyl (C=O) groups is 1. The van der Waals surface area contributed by atoms with Crippen molar-refractivity contribution in [2.45, 2.75) is 39.5 Å². The van der Waals surface area contributed by atoms with Crippen LogP contribution in [0.3, 0.4) is 0 Å². The van der Waals surface area contributed by atoms with E-state index in [1.54, 1.807) is 24.3 Å². The number of hydrogen-bond acceptors (Lipinski definition) is 5. The van der Waals surface area contributed by atoms with Gasteiger partial charge >= 0.3 is 5.97 Å². The van der Waals surface area contributed by atoms with E-state index < -0.39 is 5.97 Å². The maximum absolute atomic E-state index is 11.7. The minimum Gasteiger partial charge on any atom is -0.494 e. The fourth-order valence-corrected chi connectivity index (χ4v) is 1.79. The summed E-state index contributed by atoms with van der Waals surface area (Å²) in [5.74, 6) is 0.233. The van der Waals surface area contributed by atoms with E-state index in [1.807, 2.05) is 6.92 Å². The first kappa shape index (κ1) is 18.5. The number of carbonyl (C=O) groups excluding carboxylic acids is 1. The van der Waals surface area contributed by atoms with Crippen LogP contribution >= 0.6 is 0 Å². The van der Waals surface area contributed by atoms with Gasteiger partial charge in [-0.2, -0.15) is 4.89 Å². The number of unbranched alkanes of at least 4 members (excludes halogenated alkanes) is 3. The van der Waals surface area contributed by atoms with Gasteiger partial charge in [-0.05, 0) is 37.6 Å². The van der Waals surface area contributed by atoms with Crippen molar-refractivity contribution in [1.29, 1.82) is 0 Å². The summed E-state index contributed by atoms with van der Waals surface area (Å²) in [4.78, 5) is 21.2. The fourth-order valence-electron chi connectivity index (χ4n) is 1.79. The smallest absolute Gasteiger partial charge is 0.373 e. The minimum absolute atomic E-state index is 0.221. The van der Waals surface area contributed by atoms with Crippen molar-refractivity contribution in [2.24, 2.45) is 0 Å². The average molecular weight is 310 g/mol. The Labute approximate surface area is 132 Å². The number of rotatable bonds is 12. The van der Waals surface area contributed by atoms with E-state index in [0.29, 0.717) is 25.4 Å². The molecule has 0 aliphatic carbocycles. The Bertz CT molecular complexity index is 402. The van der Waals surface area contributed by atoms with Gasteiger partial charge in [0.1, 0.15) is 12.4 Å². The molecule has 0 spiro atoms. The van der Waals surface area contributed by atoms with Crippen LogP contribution < -0.4 is 4.74 Å². The molecule has 0 saturated heterocycles. The quantitative estimate of drug-likeness (QED) is 0.334. The van der Waals surface area contributed by atoms with Crippen LogP contribution in [0.5, 0.6) is 5.75 Å². The molecule has 0 aromatic heterocycles. The predicted octanol–water partition coefficient (Wildman–Crippen LogP) is 3.77. The third kappa shape index (κ3) is 8.00. The second kappa shape index (κ2) is 12.0. The highest BCUT2D eigenvalue weighted by atomic mass is 17.2. The molecular formula is C17H26O5. The zero-order valence-corrected chi connectivity index (χ0v) is 13.5. The Balaban J connectivity index is 2.23. The molecule has 22 heavy (non-hydrogen) atoms. The van der Waals surface area contributed by atoms with Crippen molar-refractivity contribution in [1.82, 2.24) is 0 Å². The lowest BCUT2D eigenvalue weighted by Gasteiger charge is -2.07. The lowest BCUT2D eigenvalue weighted by Crippen LogP contribution is -2.10. The van der Waals surface area contributed by atoms with E-state index in [-0.39, 0.29) is 6.61 Å². The standard InChI is InChI=1S/C17H26O5/c1-3-5-6-7-12-20-16-10-8-15(9-11-16)17(18)22-21-14-13-19-4-2/h8-11H,3-7,12-14H2,1-2H3. The van der Waals surface area contributed by atoms with Gasteiger partial charge in [0, 0.05) is 6.61 Å². The van der Waals surface area contributed by atoms with Gasteiger partial charge in [0.25, 0.3) is 0 Å². The normalized spacial score (nSPS) is 10.5. The highest BCUT2D eigenvalue weighted by Gasteiger charge is 2.08. The Morgan fingerprint density at radius 1 is 0.955 bits per heavy atom. The largest absolute Gasteiger partial charge is 0.494 e. The molecule has 0 unspecified atom stereocenters. The van der Waals surface area contributed by atoms with Crippen LogP contribution in [0.25, 0.3) is 0 Å². The Hall–Kier alpha value is -1.59. The number of hydrogen-bond donors (Lipinski definition) is 0. The molecule has 0 amide bonds. The summed E-state index contributed by atoms with van der Waals surface area (Å²) in [6.07, 6.45) is 4.67. The van der Waals surface area contributed by atoms with Crippen molar-refractivity contribution in [3.05, 3.63) is 29.8 Å². The Kier molecular flexibility index (Phi) is 10.1. The van der Waals surface area contributed by atoms with Gasteiger partial charge in [-0.1, -0.05) is 26.2 Å². The maximum Gasteiger partial charge on any atom is 0.373 e. The second-order valence-corrected chi connectivity index (χ2v) is 4.82. The van der Waals surface area contributed by atoms with Gasteiger partial charge in [-0.25, -0.2) is 4.79 Å². The van der Waals surface area contributed by atoms with Crippen molar-refractivity contribution in [3.8, 4) is 5.75 Å². The summed E-state index contributed by atoms with van der Waals surface area (Å²) < 4.78 is 10.7. The van der Waals surface area contributed by atoms with Gasteiger partial charge in [-0.15, -0.1) is 0 Å². The fraction of sp³-hybridized carbons (Fsp3) is 0.588. The van der Waals surface area contributed by atoms with Gasteiger partial charge in [-0.3, -0.25) is 4.89 Å². The second-order valence-electron chi connectivity index (χ2n) is 4.82. The van der Waals surface area contributed by atoms with Gasteiger partial charge < -0.3 is 9.47 Å². The number of ether oxygens (including phenoxy) is 2. The van der Waals surface area contributed by atoms with Crippen LogP contribution in [0.15, 0.2) is 24.3 Å². The van der Waals surface area contributed by atoms with Crippen molar-refractivity contribution in [2.75, 3.05) is 26.4 Å². The topological polar surface area (TPSA) is 54.0 Å². The molecule has 1 rings (SSSR count). The summed E-state index contributed by atoms with van der Waals surface area (Å²) in [5, 5.41) is 0. The van der Waals surface area contributed by atoms with Crippen LogP contribution in [0.2, 0.25) is 0 Å². The molecule has 124 valence electrons. The first-order valence-electron chi connectivity index (χ1n) is 7.92. The highest BCUT2D eigenvalue weighted by Crippen LogP contribution is 2.14. The lowest BCUT2D eigenvalue weighted by molar-refractivity contribution is -0.247. The molecule has 0 heterocycles. The molecule has 5 heteroatoms. The van der Waals surface area contributed by atoms with Crippen LogP contribution in [0.1, 0.15) is 49.9 Å². The first-order valence-corrected chi connectivity index (χ1v) is 7.92. The van der Waals surface area contributed by atoms with Crippen molar-refractivity contribution < 1.29 is 24.0 Å². The third-order valence-corrected chi connectivity index (χ3v) is 3.01. The zero-order valence-electron chi connectivity index (χ0n) is 13.5. The lowest BCUT2D eigenvalue weighted by atomic mass is 10.2. The average Bonchev–Trinajstić information content (AvgIpc) is 2.55. The Morgan fingerprint density at radius 3 is 2.41 bits per heavy atom. The van der Waals surface area contributed by atoms with E-state index in [0.717, 1.165) is 12.2 Å². The summed E-state index contributed by atoms with van der Waals surface area (Å²) >= 11 is 0. The molecule has 0 atom stereocenters. The minimum atomic E-state index is -0.522. The molecule has 1 aromatic carbocycles. The van der Waals surface area contributed by atoms with Gasteiger partial charge in [0.2, 0.25) is 0 Å². The molecule has 0 bridgehead atoms.